The van der Waals surface area contributed by atoms with E-state index in [4.69, 9.17) is 35.4 Å². The third-order valence-corrected chi connectivity index (χ3v) is 3.69. The van der Waals surface area contributed by atoms with Crippen molar-refractivity contribution in [2.45, 2.75) is 62.0 Å². The quantitative estimate of drug-likeness (QED) is 0.179. The molecule has 1 saturated heterocycles. The van der Waals surface area contributed by atoms with Crippen LogP contribution in [0, 0.1) is 0 Å². The summed E-state index contributed by atoms with van der Waals surface area (Å²) in [7, 11) is 0. The van der Waals surface area contributed by atoms with Crippen molar-refractivity contribution in [2.24, 2.45) is 0 Å². The summed E-state index contributed by atoms with van der Waals surface area (Å²) in [4.78, 5) is 20.6. The predicted octanol–water partition coefficient (Wildman–Crippen LogP) is -6.46. The highest BCUT2D eigenvalue weighted by atomic mass is 16.6. The number of aliphatic hydroxyl groups is 9. The Morgan fingerprint density at radius 1 is 1.07 bits per heavy atom. The zero-order chi connectivity index (χ0) is 21.3. The SMILES string of the molecule is CC(=O)N[C@@H]1[C@@H](O)[C@H](O)[C@@H](CO)O[C@H]1O.O=C[C@@H](O)[C@@H](O)[C@H](O)[C@H](O)CO. The van der Waals surface area contributed by atoms with Crippen molar-refractivity contribution < 1.29 is 60.3 Å². The summed E-state index contributed by atoms with van der Waals surface area (Å²) in [5.74, 6) is -0.462. The Morgan fingerprint density at radius 3 is 2.04 bits per heavy atom. The first-order chi connectivity index (χ1) is 12.5. The Labute approximate surface area is 154 Å². The molecular weight excluding hydrogens is 374 g/mol. The molecule has 0 spiro atoms. The summed E-state index contributed by atoms with van der Waals surface area (Å²) in [6, 6.07) is -1.10. The molecular formula is C14H27NO12. The van der Waals surface area contributed by atoms with Gasteiger partial charge in [0, 0.05) is 6.92 Å². The maximum atomic E-state index is 10.7. The van der Waals surface area contributed by atoms with E-state index in [0.717, 1.165) is 0 Å². The van der Waals surface area contributed by atoms with Crippen LogP contribution < -0.4 is 5.32 Å². The second kappa shape index (κ2) is 12.2. The molecule has 13 nitrogen and oxygen atoms in total. The summed E-state index contributed by atoms with van der Waals surface area (Å²) in [6.45, 7) is -0.0736. The van der Waals surface area contributed by atoms with Gasteiger partial charge in [0.15, 0.2) is 12.6 Å². The third kappa shape index (κ3) is 7.71. The maximum absolute atomic E-state index is 10.7. The van der Waals surface area contributed by atoms with Crippen molar-refractivity contribution in [3.8, 4) is 0 Å². The van der Waals surface area contributed by atoms with Gasteiger partial charge in [0.05, 0.1) is 13.2 Å². The molecule has 0 aromatic rings. The number of aldehydes is 1. The number of rotatable bonds is 7. The van der Waals surface area contributed by atoms with Gasteiger partial charge in [-0.05, 0) is 0 Å². The summed E-state index contributed by atoms with van der Waals surface area (Å²) < 4.78 is 4.81. The van der Waals surface area contributed by atoms with Gasteiger partial charge >= 0.3 is 0 Å². The minimum Gasteiger partial charge on any atom is -0.394 e. The second-order valence-electron chi connectivity index (χ2n) is 5.81. The normalized spacial score (nSPS) is 32.3. The minimum atomic E-state index is -1.79. The van der Waals surface area contributed by atoms with Crippen LogP contribution in [0.1, 0.15) is 6.92 Å². The lowest BCUT2D eigenvalue weighted by molar-refractivity contribution is -0.253. The van der Waals surface area contributed by atoms with Gasteiger partial charge in [-0.25, -0.2) is 0 Å². The third-order valence-electron chi connectivity index (χ3n) is 3.69. The van der Waals surface area contributed by atoms with E-state index >= 15 is 0 Å². The van der Waals surface area contributed by atoms with Crippen LogP contribution in [0.25, 0.3) is 0 Å². The van der Waals surface area contributed by atoms with E-state index in [1.807, 2.05) is 0 Å². The standard InChI is InChI=1S/C8H15NO6.C6H12O6/c1-3(11)9-5-7(13)6(12)4(2-10)15-8(5)14;7-1-3(9)5(11)6(12)4(10)2-8/h4-8,10,12-14H,2H2,1H3,(H,9,11);1,3-6,8-12H,2H2/t4-,5-,6-,7-,8-;3-,4-,5-,6-/m11/s1. The van der Waals surface area contributed by atoms with Gasteiger partial charge in [-0.2, -0.15) is 0 Å². The summed E-state index contributed by atoms with van der Waals surface area (Å²) in [5, 5.41) is 82.9. The molecule has 1 aliphatic rings. The Hall–Kier alpha value is -1.26. The van der Waals surface area contributed by atoms with Crippen LogP contribution in [0.4, 0.5) is 0 Å². The number of ether oxygens (including phenoxy) is 1. The topological polar surface area (TPSA) is 237 Å². The first-order valence-corrected chi connectivity index (χ1v) is 7.87. The monoisotopic (exact) mass is 401 g/mol. The predicted molar refractivity (Wildman–Crippen MR) is 84.8 cm³/mol. The molecule has 160 valence electrons. The van der Waals surface area contributed by atoms with Crippen LogP contribution in [-0.2, 0) is 14.3 Å². The molecule has 1 amide bonds. The van der Waals surface area contributed by atoms with Gasteiger partial charge in [-0.3, -0.25) is 4.79 Å². The number of aliphatic hydroxyl groups excluding tert-OH is 9. The van der Waals surface area contributed by atoms with Crippen molar-refractivity contribution in [3.05, 3.63) is 0 Å². The Morgan fingerprint density at radius 2 is 1.63 bits per heavy atom. The van der Waals surface area contributed by atoms with Crippen LogP contribution in [0.15, 0.2) is 0 Å². The zero-order valence-corrected chi connectivity index (χ0v) is 14.4. The Bertz CT molecular complexity index is 452. The summed E-state index contributed by atoms with van der Waals surface area (Å²) >= 11 is 0. The fraction of sp³-hybridized carbons (Fsp3) is 0.857. The molecule has 0 aliphatic carbocycles. The average molecular weight is 401 g/mol. The van der Waals surface area contributed by atoms with Crippen molar-refractivity contribution in [2.75, 3.05) is 13.2 Å². The highest BCUT2D eigenvalue weighted by Crippen LogP contribution is 2.19. The van der Waals surface area contributed by atoms with E-state index < -0.39 is 74.2 Å². The maximum Gasteiger partial charge on any atom is 0.217 e. The lowest BCUT2D eigenvalue weighted by Gasteiger charge is -2.40. The number of amides is 1. The first-order valence-electron chi connectivity index (χ1n) is 7.87. The summed E-state index contributed by atoms with van der Waals surface area (Å²) in [6.07, 6.45) is -12.1. The number of hydrogen-bond acceptors (Lipinski definition) is 12. The molecule has 13 heteroatoms. The second-order valence-corrected chi connectivity index (χ2v) is 5.81. The molecule has 0 bridgehead atoms. The van der Waals surface area contributed by atoms with Crippen LogP contribution in [0.3, 0.4) is 0 Å². The average Bonchev–Trinajstić information content (AvgIpc) is 2.65. The molecule has 1 fully saturated rings. The molecule has 1 rings (SSSR count). The van der Waals surface area contributed by atoms with Gasteiger partial charge in [-0.15, -0.1) is 0 Å². The van der Waals surface area contributed by atoms with E-state index in [9.17, 15) is 24.9 Å². The molecule has 9 atom stereocenters. The fourth-order valence-corrected chi connectivity index (χ4v) is 2.11. The van der Waals surface area contributed by atoms with E-state index in [1.165, 1.54) is 6.92 Å². The van der Waals surface area contributed by atoms with Crippen molar-refractivity contribution in [1.82, 2.24) is 5.32 Å². The lowest BCUT2D eigenvalue weighted by atomic mass is 9.97. The first kappa shape index (κ1) is 25.7. The Kier molecular flexibility index (Phi) is 11.7. The van der Waals surface area contributed by atoms with Gasteiger partial charge in [0.25, 0.3) is 0 Å². The van der Waals surface area contributed by atoms with E-state index in [1.54, 1.807) is 0 Å². The fourth-order valence-electron chi connectivity index (χ4n) is 2.11. The molecule has 0 unspecified atom stereocenters. The van der Waals surface area contributed by atoms with Gasteiger partial charge in [0.1, 0.15) is 48.8 Å². The molecule has 0 radical (unpaired) electrons. The van der Waals surface area contributed by atoms with Crippen LogP contribution in [0.2, 0.25) is 0 Å². The highest BCUT2D eigenvalue weighted by molar-refractivity contribution is 5.73. The molecule has 0 aromatic carbocycles. The molecule has 27 heavy (non-hydrogen) atoms. The number of carbonyl (C=O) groups is 2. The van der Waals surface area contributed by atoms with Crippen LogP contribution >= 0.6 is 0 Å². The van der Waals surface area contributed by atoms with E-state index in [0.29, 0.717) is 0 Å². The minimum absolute atomic E-state index is 0.0258. The van der Waals surface area contributed by atoms with Gasteiger partial charge in [0.2, 0.25) is 5.91 Å². The van der Waals surface area contributed by atoms with Crippen LogP contribution in [-0.4, -0.2) is 126 Å². The highest BCUT2D eigenvalue weighted by Gasteiger charge is 2.43. The molecule has 0 aromatic heterocycles. The molecule has 0 saturated carbocycles. The number of carbonyl (C=O) groups excluding carboxylic acids is 2. The molecule has 1 heterocycles. The summed E-state index contributed by atoms with van der Waals surface area (Å²) in [5.41, 5.74) is 0. The molecule has 1 aliphatic heterocycles. The van der Waals surface area contributed by atoms with Crippen molar-refractivity contribution in [3.63, 3.8) is 0 Å². The number of nitrogens with one attached hydrogen (secondary N) is 1. The Balaban J connectivity index is 0.000000516. The largest absolute Gasteiger partial charge is 0.394 e. The lowest BCUT2D eigenvalue weighted by Crippen LogP contribution is -2.63. The zero-order valence-electron chi connectivity index (χ0n) is 14.4. The molecule has 10 N–H and O–H groups in total. The van der Waals surface area contributed by atoms with Crippen LogP contribution in [0.5, 0.6) is 0 Å². The van der Waals surface area contributed by atoms with Gasteiger partial charge < -0.3 is 60.8 Å². The van der Waals surface area contributed by atoms with E-state index in [2.05, 4.69) is 5.32 Å². The van der Waals surface area contributed by atoms with Crippen molar-refractivity contribution in [1.29, 1.82) is 0 Å². The van der Waals surface area contributed by atoms with E-state index in [-0.39, 0.29) is 6.29 Å². The van der Waals surface area contributed by atoms with Gasteiger partial charge in [-0.1, -0.05) is 0 Å². The smallest absolute Gasteiger partial charge is 0.217 e. The number of hydrogen-bond donors (Lipinski definition) is 10. The van der Waals surface area contributed by atoms with Crippen molar-refractivity contribution >= 4 is 12.2 Å².